The molecule has 2 aromatic rings. The van der Waals surface area contributed by atoms with Gasteiger partial charge in [-0.05, 0) is 22.8 Å². The maximum Gasteiger partial charge on any atom is 0.156 e. The molecule has 0 aliphatic heterocycles. The lowest BCUT2D eigenvalue weighted by atomic mass is 9.89. The van der Waals surface area contributed by atoms with Crippen LogP contribution in [0.25, 0.3) is 5.57 Å². The summed E-state index contributed by atoms with van der Waals surface area (Å²) < 4.78 is 0. The summed E-state index contributed by atoms with van der Waals surface area (Å²) in [6.07, 6.45) is 2.39. The first-order valence-electron chi connectivity index (χ1n) is 6.19. The summed E-state index contributed by atoms with van der Waals surface area (Å²) in [6.45, 7) is 0. The van der Waals surface area contributed by atoms with Crippen LogP contribution < -0.4 is 0 Å². The van der Waals surface area contributed by atoms with Gasteiger partial charge in [0.15, 0.2) is 5.78 Å². The number of carbonyl (C=O) groups excluding carboxylic acids is 1. The van der Waals surface area contributed by atoms with Crippen molar-refractivity contribution in [1.29, 1.82) is 0 Å². The molecule has 0 N–H and O–H groups in total. The predicted molar refractivity (Wildman–Crippen MR) is 73.2 cm³/mol. The number of benzene rings is 2. The lowest BCUT2D eigenvalue weighted by molar-refractivity contribution is -0.114. The zero-order valence-electron chi connectivity index (χ0n) is 10.0. The molecule has 88 valence electrons. The van der Waals surface area contributed by atoms with E-state index in [-0.39, 0.29) is 11.7 Å². The topological polar surface area (TPSA) is 17.1 Å². The number of ketones is 1. The second-order valence-electron chi connectivity index (χ2n) is 4.60. The standard InChI is InChI=1S/C17H14O/c18-15-11-16(13-7-3-1-4-8-13)17(12-15)14-9-5-2-6-10-14/h1-11,17H,12H2/t17-/m1/s1. The van der Waals surface area contributed by atoms with Crippen LogP contribution in [0, 0.1) is 0 Å². The van der Waals surface area contributed by atoms with Crippen molar-refractivity contribution in [3.63, 3.8) is 0 Å². The smallest absolute Gasteiger partial charge is 0.156 e. The van der Waals surface area contributed by atoms with E-state index in [0.29, 0.717) is 6.42 Å². The van der Waals surface area contributed by atoms with Gasteiger partial charge < -0.3 is 0 Å². The molecule has 18 heavy (non-hydrogen) atoms. The van der Waals surface area contributed by atoms with Gasteiger partial charge in [0, 0.05) is 12.3 Å². The quantitative estimate of drug-likeness (QED) is 0.771. The van der Waals surface area contributed by atoms with Crippen molar-refractivity contribution < 1.29 is 4.79 Å². The first-order chi connectivity index (χ1) is 8.84. The van der Waals surface area contributed by atoms with Crippen LogP contribution in [0.4, 0.5) is 0 Å². The Morgan fingerprint density at radius 2 is 1.44 bits per heavy atom. The molecule has 1 aliphatic rings. The number of hydrogen-bond donors (Lipinski definition) is 0. The van der Waals surface area contributed by atoms with E-state index in [9.17, 15) is 4.79 Å². The molecule has 0 saturated heterocycles. The van der Waals surface area contributed by atoms with Crippen molar-refractivity contribution in [1.82, 2.24) is 0 Å². The van der Waals surface area contributed by atoms with Crippen molar-refractivity contribution in [2.24, 2.45) is 0 Å². The third-order valence-electron chi connectivity index (χ3n) is 3.41. The summed E-state index contributed by atoms with van der Waals surface area (Å²) in [5.41, 5.74) is 3.52. The Morgan fingerprint density at radius 1 is 0.833 bits per heavy atom. The molecule has 0 aromatic heterocycles. The van der Waals surface area contributed by atoms with Gasteiger partial charge in [-0.2, -0.15) is 0 Å². The second kappa shape index (κ2) is 4.61. The van der Waals surface area contributed by atoms with Gasteiger partial charge in [-0.25, -0.2) is 0 Å². The number of allylic oxidation sites excluding steroid dienone is 2. The van der Waals surface area contributed by atoms with E-state index >= 15 is 0 Å². The van der Waals surface area contributed by atoms with E-state index < -0.39 is 0 Å². The zero-order valence-corrected chi connectivity index (χ0v) is 10.0. The molecule has 2 aromatic carbocycles. The lowest BCUT2D eigenvalue weighted by Crippen LogP contribution is -1.99. The molecule has 1 nitrogen and oxygen atoms in total. The van der Waals surface area contributed by atoms with E-state index in [4.69, 9.17) is 0 Å². The van der Waals surface area contributed by atoms with Crippen molar-refractivity contribution in [3.05, 3.63) is 77.9 Å². The Morgan fingerprint density at radius 3 is 2.11 bits per heavy atom. The Labute approximate surface area is 107 Å². The minimum absolute atomic E-state index is 0.209. The third-order valence-corrected chi connectivity index (χ3v) is 3.41. The first-order valence-corrected chi connectivity index (χ1v) is 6.19. The fraction of sp³-hybridized carbons (Fsp3) is 0.118. The molecule has 0 amide bonds. The molecular weight excluding hydrogens is 220 g/mol. The van der Waals surface area contributed by atoms with Gasteiger partial charge >= 0.3 is 0 Å². The predicted octanol–water partition coefficient (Wildman–Crippen LogP) is 3.83. The molecule has 0 spiro atoms. The molecule has 0 saturated carbocycles. The SMILES string of the molecule is O=C1C=C(c2ccccc2)[C@@H](c2ccccc2)C1. The van der Waals surface area contributed by atoms with Crippen LogP contribution in [-0.4, -0.2) is 5.78 Å². The van der Waals surface area contributed by atoms with Gasteiger partial charge in [0.25, 0.3) is 0 Å². The lowest BCUT2D eigenvalue weighted by Gasteiger charge is -2.14. The molecule has 0 heterocycles. The maximum absolute atomic E-state index is 11.7. The highest BCUT2D eigenvalue weighted by Gasteiger charge is 2.26. The van der Waals surface area contributed by atoms with E-state index in [1.165, 1.54) is 5.56 Å². The van der Waals surface area contributed by atoms with E-state index in [2.05, 4.69) is 24.3 Å². The maximum atomic E-state index is 11.7. The molecule has 1 atom stereocenters. The molecule has 0 fully saturated rings. The van der Waals surface area contributed by atoms with Gasteiger partial charge in [0.2, 0.25) is 0 Å². The van der Waals surface area contributed by atoms with Gasteiger partial charge in [-0.1, -0.05) is 60.7 Å². The highest BCUT2D eigenvalue weighted by atomic mass is 16.1. The molecule has 3 rings (SSSR count). The zero-order chi connectivity index (χ0) is 12.4. The van der Waals surface area contributed by atoms with Gasteiger partial charge in [-0.3, -0.25) is 4.79 Å². The summed E-state index contributed by atoms with van der Waals surface area (Å²) in [7, 11) is 0. The van der Waals surface area contributed by atoms with Crippen molar-refractivity contribution in [3.8, 4) is 0 Å². The number of rotatable bonds is 2. The molecule has 1 aliphatic carbocycles. The number of carbonyl (C=O) groups is 1. The number of hydrogen-bond acceptors (Lipinski definition) is 1. The van der Waals surface area contributed by atoms with Crippen LogP contribution >= 0.6 is 0 Å². The molecule has 0 unspecified atom stereocenters. The Balaban J connectivity index is 2.02. The summed E-state index contributed by atoms with van der Waals surface area (Å²) in [4.78, 5) is 11.7. The van der Waals surface area contributed by atoms with E-state index in [1.807, 2.05) is 36.4 Å². The van der Waals surface area contributed by atoms with E-state index in [0.717, 1.165) is 11.1 Å². The Kier molecular flexibility index (Phi) is 2.81. The van der Waals surface area contributed by atoms with Crippen LogP contribution in [0.2, 0.25) is 0 Å². The molecule has 0 bridgehead atoms. The van der Waals surface area contributed by atoms with Crippen LogP contribution in [0.1, 0.15) is 23.5 Å². The minimum atomic E-state index is 0.209. The summed E-state index contributed by atoms with van der Waals surface area (Å²) in [6, 6.07) is 20.4. The highest BCUT2D eigenvalue weighted by Crippen LogP contribution is 2.39. The van der Waals surface area contributed by atoms with Crippen molar-refractivity contribution in [2.75, 3.05) is 0 Å². The molecule has 0 radical (unpaired) electrons. The average Bonchev–Trinajstić information content (AvgIpc) is 2.83. The van der Waals surface area contributed by atoms with E-state index in [1.54, 1.807) is 6.08 Å². The fourth-order valence-corrected chi connectivity index (χ4v) is 2.54. The normalized spacial score (nSPS) is 18.8. The van der Waals surface area contributed by atoms with Crippen LogP contribution in [0.5, 0.6) is 0 Å². The van der Waals surface area contributed by atoms with Gasteiger partial charge in [0.05, 0.1) is 0 Å². The summed E-state index contributed by atoms with van der Waals surface area (Å²) >= 11 is 0. The molecule has 1 heteroatoms. The molecular formula is C17H14O. The first kappa shape index (κ1) is 11.0. The largest absolute Gasteiger partial charge is 0.295 e. The van der Waals surface area contributed by atoms with Gasteiger partial charge in [-0.15, -0.1) is 0 Å². The summed E-state index contributed by atoms with van der Waals surface area (Å²) in [5.74, 6) is 0.434. The van der Waals surface area contributed by atoms with Crippen molar-refractivity contribution >= 4 is 11.4 Å². The fourth-order valence-electron chi connectivity index (χ4n) is 2.54. The van der Waals surface area contributed by atoms with Crippen LogP contribution in [0.15, 0.2) is 66.7 Å². The van der Waals surface area contributed by atoms with Crippen molar-refractivity contribution in [2.45, 2.75) is 12.3 Å². The van der Waals surface area contributed by atoms with Crippen LogP contribution in [-0.2, 0) is 4.79 Å². The monoisotopic (exact) mass is 234 g/mol. The van der Waals surface area contributed by atoms with Gasteiger partial charge in [0.1, 0.15) is 0 Å². The average molecular weight is 234 g/mol. The van der Waals surface area contributed by atoms with Crippen LogP contribution in [0.3, 0.4) is 0 Å². The Bertz CT molecular complexity index is 582. The third kappa shape index (κ3) is 2.00. The minimum Gasteiger partial charge on any atom is -0.295 e. The summed E-state index contributed by atoms with van der Waals surface area (Å²) in [5, 5.41) is 0. The Hall–Kier alpha value is -2.15. The second-order valence-corrected chi connectivity index (χ2v) is 4.60. The highest BCUT2D eigenvalue weighted by molar-refractivity contribution is 6.04.